The predicted octanol–water partition coefficient (Wildman–Crippen LogP) is 5.38. The second-order valence-electron chi connectivity index (χ2n) is 6.02. The standard InChI is InChI=1S/C20H20N4O2/c1-14(2)26-16-9-7-15(8-10-16)19-13-20(25-12-11-22-24-21)17-5-3-4-6-18(17)23-19/h3-10,13-14H,11-12H2,1-2H3. The molecule has 0 aliphatic heterocycles. The fraction of sp³-hybridized carbons (Fsp3) is 0.250. The van der Waals surface area contributed by atoms with E-state index in [2.05, 4.69) is 10.0 Å². The van der Waals surface area contributed by atoms with E-state index in [9.17, 15) is 0 Å². The third-order valence-corrected chi connectivity index (χ3v) is 3.71. The molecule has 0 saturated carbocycles. The molecule has 3 rings (SSSR count). The number of ether oxygens (including phenoxy) is 2. The number of nitrogens with zero attached hydrogens (tertiary/aromatic N) is 4. The summed E-state index contributed by atoms with van der Waals surface area (Å²) in [7, 11) is 0. The molecule has 0 radical (unpaired) electrons. The maximum atomic E-state index is 8.39. The summed E-state index contributed by atoms with van der Waals surface area (Å²) >= 11 is 0. The second kappa shape index (κ2) is 8.23. The van der Waals surface area contributed by atoms with Gasteiger partial charge in [-0.05, 0) is 55.8 Å². The molecule has 0 aliphatic rings. The van der Waals surface area contributed by atoms with Crippen molar-refractivity contribution in [2.45, 2.75) is 20.0 Å². The molecule has 132 valence electrons. The van der Waals surface area contributed by atoms with E-state index in [-0.39, 0.29) is 12.6 Å². The summed E-state index contributed by atoms with van der Waals surface area (Å²) in [5.41, 5.74) is 11.0. The molecule has 0 amide bonds. The first kappa shape index (κ1) is 17.6. The summed E-state index contributed by atoms with van der Waals surface area (Å²) in [6.07, 6.45) is 0.135. The summed E-state index contributed by atoms with van der Waals surface area (Å²) in [4.78, 5) is 7.48. The highest BCUT2D eigenvalue weighted by Crippen LogP contribution is 2.30. The molecule has 0 aliphatic carbocycles. The molecule has 0 bridgehead atoms. The molecule has 3 aromatic rings. The van der Waals surface area contributed by atoms with Crippen molar-refractivity contribution in [3.05, 3.63) is 65.0 Å². The van der Waals surface area contributed by atoms with Crippen LogP contribution in [-0.4, -0.2) is 24.2 Å². The number of pyridine rings is 1. The Labute approximate surface area is 152 Å². The van der Waals surface area contributed by atoms with Crippen LogP contribution in [0.25, 0.3) is 32.6 Å². The van der Waals surface area contributed by atoms with Crippen molar-refractivity contribution >= 4 is 10.9 Å². The zero-order valence-corrected chi connectivity index (χ0v) is 14.8. The Morgan fingerprint density at radius 3 is 2.62 bits per heavy atom. The maximum Gasteiger partial charge on any atom is 0.130 e. The Hall–Kier alpha value is -3.24. The number of benzene rings is 2. The molecule has 0 N–H and O–H groups in total. The van der Waals surface area contributed by atoms with Crippen molar-refractivity contribution in [3.63, 3.8) is 0 Å². The molecule has 26 heavy (non-hydrogen) atoms. The van der Waals surface area contributed by atoms with Crippen LogP contribution in [0.4, 0.5) is 0 Å². The summed E-state index contributed by atoms with van der Waals surface area (Å²) in [5.74, 6) is 1.55. The van der Waals surface area contributed by atoms with Crippen molar-refractivity contribution in [1.29, 1.82) is 0 Å². The van der Waals surface area contributed by atoms with E-state index in [4.69, 9.17) is 20.0 Å². The third-order valence-electron chi connectivity index (χ3n) is 3.71. The van der Waals surface area contributed by atoms with E-state index in [1.165, 1.54) is 0 Å². The van der Waals surface area contributed by atoms with E-state index in [0.717, 1.165) is 33.7 Å². The zero-order chi connectivity index (χ0) is 18.4. The van der Waals surface area contributed by atoms with Crippen LogP contribution >= 0.6 is 0 Å². The molecule has 0 atom stereocenters. The highest BCUT2D eigenvalue weighted by Gasteiger charge is 2.09. The van der Waals surface area contributed by atoms with Gasteiger partial charge in [-0.1, -0.05) is 17.2 Å². The number of aromatic nitrogens is 1. The summed E-state index contributed by atoms with van der Waals surface area (Å²) in [5, 5.41) is 4.43. The van der Waals surface area contributed by atoms with E-state index >= 15 is 0 Å². The lowest BCUT2D eigenvalue weighted by Gasteiger charge is -2.12. The zero-order valence-electron chi connectivity index (χ0n) is 14.8. The molecule has 2 aromatic carbocycles. The van der Waals surface area contributed by atoms with Gasteiger partial charge in [-0.15, -0.1) is 0 Å². The van der Waals surface area contributed by atoms with Gasteiger partial charge < -0.3 is 9.47 Å². The van der Waals surface area contributed by atoms with E-state index in [0.29, 0.717) is 6.61 Å². The lowest BCUT2D eigenvalue weighted by Crippen LogP contribution is -2.05. The molecule has 0 saturated heterocycles. The van der Waals surface area contributed by atoms with Gasteiger partial charge in [0.05, 0.1) is 30.5 Å². The quantitative estimate of drug-likeness (QED) is 0.249. The van der Waals surface area contributed by atoms with Crippen molar-refractivity contribution in [2.24, 2.45) is 5.11 Å². The van der Waals surface area contributed by atoms with Crippen LogP contribution < -0.4 is 9.47 Å². The van der Waals surface area contributed by atoms with Crippen molar-refractivity contribution in [3.8, 4) is 22.8 Å². The first-order valence-electron chi connectivity index (χ1n) is 8.48. The average Bonchev–Trinajstić information content (AvgIpc) is 2.65. The van der Waals surface area contributed by atoms with Gasteiger partial charge in [0.15, 0.2) is 0 Å². The van der Waals surface area contributed by atoms with E-state index < -0.39 is 0 Å². The normalized spacial score (nSPS) is 10.6. The van der Waals surface area contributed by atoms with Gasteiger partial charge in [-0.2, -0.15) is 0 Å². The number of rotatable bonds is 7. The first-order valence-corrected chi connectivity index (χ1v) is 8.48. The molecule has 6 heteroatoms. The van der Waals surface area contributed by atoms with Crippen LogP contribution in [-0.2, 0) is 0 Å². The van der Waals surface area contributed by atoms with Gasteiger partial charge in [0, 0.05) is 21.9 Å². The number of para-hydroxylation sites is 1. The maximum absolute atomic E-state index is 8.39. The second-order valence-corrected chi connectivity index (χ2v) is 6.02. The van der Waals surface area contributed by atoms with Crippen LogP contribution in [0, 0.1) is 0 Å². The Morgan fingerprint density at radius 2 is 1.88 bits per heavy atom. The minimum absolute atomic E-state index is 0.135. The van der Waals surface area contributed by atoms with Crippen molar-refractivity contribution < 1.29 is 9.47 Å². The minimum Gasteiger partial charge on any atom is -0.493 e. The highest BCUT2D eigenvalue weighted by atomic mass is 16.5. The Morgan fingerprint density at radius 1 is 1.12 bits per heavy atom. The molecule has 6 nitrogen and oxygen atoms in total. The summed E-state index contributed by atoms with van der Waals surface area (Å²) < 4.78 is 11.5. The number of azide groups is 1. The van der Waals surface area contributed by atoms with Gasteiger partial charge in [-0.3, -0.25) is 0 Å². The van der Waals surface area contributed by atoms with Gasteiger partial charge in [0.2, 0.25) is 0 Å². The first-order chi connectivity index (χ1) is 12.7. The molecule has 0 fully saturated rings. The van der Waals surface area contributed by atoms with Gasteiger partial charge in [0.1, 0.15) is 11.5 Å². The Bertz CT molecular complexity index is 932. The van der Waals surface area contributed by atoms with E-state index in [1.54, 1.807) is 0 Å². The van der Waals surface area contributed by atoms with Crippen LogP contribution in [0.1, 0.15) is 13.8 Å². The monoisotopic (exact) mass is 348 g/mol. The van der Waals surface area contributed by atoms with Crippen LogP contribution in [0.3, 0.4) is 0 Å². The predicted molar refractivity (Wildman–Crippen MR) is 102 cm³/mol. The molecule has 1 aromatic heterocycles. The fourth-order valence-electron chi connectivity index (χ4n) is 2.63. The molecular weight excluding hydrogens is 328 g/mol. The van der Waals surface area contributed by atoms with Gasteiger partial charge in [-0.25, -0.2) is 4.98 Å². The van der Waals surface area contributed by atoms with Crippen LogP contribution in [0.15, 0.2) is 59.7 Å². The van der Waals surface area contributed by atoms with Gasteiger partial charge >= 0.3 is 0 Å². The van der Waals surface area contributed by atoms with Gasteiger partial charge in [0.25, 0.3) is 0 Å². The van der Waals surface area contributed by atoms with Crippen LogP contribution in [0.2, 0.25) is 0 Å². The van der Waals surface area contributed by atoms with Crippen molar-refractivity contribution in [1.82, 2.24) is 4.98 Å². The SMILES string of the molecule is CC(C)Oc1ccc(-c2cc(OCCN=[N+]=[N-])c3ccccc3n2)cc1. The topological polar surface area (TPSA) is 80.1 Å². The third kappa shape index (κ3) is 4.23. The Kier molecular flexibility index (Phi) is 5.56. The summed E-state index contributed by atoms with van der Waals surface area (Å²) in [6.45, 7) is 4.60. The van der Waals surface area contributed by atoms with E-state index in [1.807, 2.05) is 68.4 Å². The highest BCUT2D eigenvalue weighted by molar-refractivity contribution is 5.87. The van der Waals surface area contributed by atoms with Crippen molar-refractivity contribution in [2.75, 3.05) is 13.2 Å². The smallest absolute Gasteiger partial charge is 0.130 e. The summed E-state index contributed by atoms with van der Waals surface area (Å²) in [6, 6.07) is 17.6. The number of fused-ring (bicyclic) bond motifs is 1. The fourth-order valence-corrected chi connectivity index (χ4v) is 2.63. The number of hydrogen-bond acceptors (Lipinski definition) is 4. The molecule has 0 unspecified atom stereocenters. The minimum atomic E-state index is 0.135. The Balaban J connectivity index is 1.94. The number of hydrogen-bond donors (Lipinski definition) is 0. The lowest BCUT2D eigenvalue weighted by atomic mass is 10.1. The lowest BCUT2D eigenvalue weighted by molar-refractivity contribution is 0.242. The van der Waals surface area contributed by atoms with Crippen LogP contribution in [0.5, 0.6) is 11.5 Å². The average molecular weight is 348 g/mol. The molecular formula is C20H20N4O2. The largest absolute Gasteiger partial charge is 0.493 e. The molecule has 0 spiro atoms. The molecule has 1 heterocycles.